The summed E-state index contributed by atoms with van der Waals surface area (Å²) in [5.41, 5.74) is 5.89. The number of benzene rings is 1. The number of halogens is 2. The van der Waals surface area contributed by atoms with Crippen LogP contribution in [0.25, 0.3) is 0 Å². The summed E-state index contributed by atoms with van der Waals surface area (Å²) in [4.78, 5) is 0. The first-order valence-electron chi connectivity index (χ1n) is 21.4. The van der Waals surface area contributed by atoms with Gasteiger partial charge in [0.25, 0.3) is 0 Å². The van der Waals surface area contributed by atoms with Crippen molar-refractivity contribution in [1.82, 2.24) is 0 Å². The number of alkyl halides is 1. The largest absolute Gasteiger partial charge is 0 e. The molecule has 0 aliphatic heterocycles. The van der Waals surface area contributed by atoms with E-state index in [0.29, 0.717) is 16.7 Å². The maximum Gasteiger partial charge on any atom is 0 e. The fourth-order valence-corrected chi connectivity index (χ4v) is 41.2. The van der Waals surface area contributed by atoms with Gasteiger partial charge in [-0.15, -0.1) is 0 Å². The fourth-order valence-electron chi connectivity index (χ4n) is 14.0. The minimum absolute atomic E-state index is 0. The van der Waals surface area contributed by atoms with Gasteiger partial charge < -0.3 is 0 Å². The average molecular weight is 822 g/mol. The molecule has 274 valence electrons. The van der Waals surface area contributed by atoms with E-state index in [9.17, 15) is 11.2 Å². The Hall–Kier alpha value is 1.28. The molecule has 6 aliphatic carbocycles. The first-order valence-corrected chi connectivity index (χ1v) is 27.2. The van der Waals surface area contributed by atoms with Gasteiger partial charge in [-0.1, -0.05) is 0 Å². The van der Waals surface area contributed by atoms with E-state index in [1.807, 2.05) is 0 Å². The van der Waals surface area contributed by atoms with Crippen molar-refractivity contribution in [2.75, 3.05) is 0 Å². The van der Waals surface area contributed by atoms with Crippen molar-refractivity contribution >= 4 is 36.1 Å². The third kappa shape index (κ3) is 6.66. The predicted molar refractivity (Wildman–Crippen MR) is 215 cm³/mol. The summed E-state index contributed by atoms with van der Waals surface area (Å²) >= 11 is 18.9. The monoisotopic (exact) mass is 821 g/mol. The van der Waals surface area contributed by atoms with Crippen molar-refractivity contribution in [2.24, 2.45) is 0 Å². The molecule has 48 heavy (non-hydrogen) atoms. The summed E-state index contributed by atoms with van der Waals surface area (Å²) < 4.78 is -0.181. The van der Waals surface area contributed by atoms with Gasteiger partial charge in [-0.2, -0.15) is 0 Å². The first kappa shape index (κ1) is 39.0. The minimum atomic E-state index is -3.25. The van der Waals surface area contributed by atoms with Gasteiger partial charge in [0.1, 0.15) is 0 Å². The summed E-state index contributed by atoms with van der Waals surface area (Å²) in [7, 11) is -1.64. The Morgan fingerprint density at radius 2 is 0.833 bits per heavy atom. The second kappa shape index (κ2) is 17.2. The van der Waals surface area contributed by atoms with E-state index in [1.54, 1.807) is 5.56 Å². The number of hydrogen-bond donors (Lipinski definition) is 0. The van der Waals surface area contributed by atoms with Crippen LogP contribution in [0.15, 0.2) is 30.3 Å². The van der Waals surface area contributed by atoms with Gasteiger partial charge >= 0.3 is 303 Å². The van der Waals surface area contributed by atoms with Gasteiger partial charge in [0, 0.05) is 19.5 Å². The zero-order valence-corrected chi connectivity index (χ0v) is 35.6. The van der Waals surface area contributed by atoms with Crippen molar-refractivity contribution in [3.8, 4) is 0 Å². The molecule has 0 bridgehead atoms. The molecule has 0 aromatic heterocycles. The van der Waals surface area contributed by atoms with E-state index in [4.69, 9.17) is 11.6 Å². The molecule has 0 heterocycles. The minimum Gasteiger partial charge on any atom is 0 e. The predicted octanol–water partition coefficient (Wildman–Crippen LogP) is 16.0. The Labute approximate surface area is 320 Å². The van der Waals surface area contributed by atoms with Crippen molar-refractivity contribution in [3.63, 3.8) is 0 Å². The molecule has 0 spiro atoms. The molecule has 5 heteroatoms. The summed E-state index contributed by atoms with van der Waals surface area (Å²) in [6.07, 6.45) is 42.8. The van der Waals surface area contributed by atoms with Gasteiger partial charge in [-0.05, 0) is 0 Å². The van der Waals surface area contributed by atoms with Crippen LogP contribution in [0.2, 0.25) is 0 Å². The molecular weight excluding hydrogens is 750 g/mol. The van der Waals surface area contributed by atoms with Crippen LogP contribution in [0.1, 0.15) is 204 Å². The number of hydrogen-bond acceptors (Lipinski definition) is 0. The van der Waals surface area contributed by atoms with E-state index >= 15 is 0 Å². The van der Waals surface area contributed by atoms with E-state index in [-0.39, 0.29) is 24.1 Å². The van der Waals surface area contributed by atoms with Crippen molar-refractivity contribution in [3.05, 3.63) is 35.9 Å². The molecule has 6 saturated carbocycles. The van der Waals surface area contributed by atoms with E-state index in [0.717, 1.165) is 17.0 Å². The third-order valence-electron chi connectivity index (χ3n) is 15.7. The Morgan fingerprint density at radius 3 is 1.21 bits per heavy atom. The third-order valence-corrected chi connectivity index (χ3v) is 37.7. The van der Waals surface area contributed by atoms with Gasteiger partial charge in [-0.3, -0.25) is 0 Å². The van der Waals surface area contributed by atoms with Crippen molar-refractivity contribution in [1.29, 1.82) is 0 Å². The second-order valence-corrected chi connectivity index (χ2v) is 31.2. The van der Waals surface area contributed by atoms with Crippen molar-refractivity contribution in [2.45, 2.75) is 231 Å². The summed E-state index contributed by atoms with van der Waals surface area (Å²) in [6, 6.07) is 12.6. The SMILES string of the molecule is ClC1(P(Cl)(C2CCCCC2)(C2CCCCC2)C(c2ccccc2)[P+](C2CCCCC2)(C2CCCCC2)C2CCCCC2)CCCCC1.[Ru]. The second-order valence-electron chi connectivity index (χ2n) is 17.8. The molecule has 1 aromatic rings. The maximum atomic E-state index is 9.94. The van der Waals surface area contributed by atoms with Crippen LogP contribution in [0, 0.1) is 0 Å². The van der Waals surface area contributed by atoms with Gasteiger partial charge in [0.15, 0.2) is 0 Å². The molecule has 0 radical (unpaired) electrons. The van der Waals surface area contributed by atoms with Gasteiger partial charge in [0.2, 0.25) is 0 Å². The van der Waals surface area contributed by atoms with E-state index < -0.39 is 13.2 Å². The zero-order valence-electron chi connectivity index (χ0n) is 30.6. The smallest absolute Gasteiger partial charge is 0 e. The summed E-state index contributed by atoms with van der Waals surface area (Å²) in [5.74, 6) is -3.25. The van der Waals surface area contributed by atoms with Crippen LogP contribution in [-0.2, 0) is 19.5 Å². The Balaban J connectivity index is 0.00000401. The van der Waals surface area contributed by atoms with Crippen LogP contribution >= 0.6 is 36.1 Å². The summed E-state index contributed by atoms with van der Waals surface area (Å²) in [6.45, 7) is 0. The van der Waals surface area contributed by atoms with E-state index in [1.165, 1.54) is 193 Å². The van der Waals surface area contributed by atoms with Gasteiger partial charge in [0.05, 0.1) is 0 Å². The molecule has 0 saturated heterocycles. The molecular formula is C43H71Cl2P2Ru+. The summed E-state index contributed by atoms with van der Waals surface area (Å²) in [5, 5.41) is 0.590. The molecule has 6 aliphatic rings. The molecule has 1 aromatic carbocycles. The fraction of sp³-hybridized carbons (Fsp3) is 0.860. The maximum absolute atomic E-state index is 9.94. The normalized spacial score (nSPS) is 28.2. The standard InChI is InChI=1S/C43H71Cl2P2.Ru/c44-43(34-20-7-21-35-43)47(45,40-30-16-5-17-31-40,41-32-18-6-19-33-41)42(36-22-8-1-9-23-36)46(37-24-10-2-11-25-37,38-26-12-3-13-27-38)39-28-14-4-15-29-39;/h1,8-9,22-23,37-42H,2-7,10-21,24-35H2;/q+1;. The Bertz CT molecular complexity index is 1040. The van der Waals surface area contributed by atoms with Crippen LogP contribution < -0.4 is 0 Å². The Kier molecular flexibility index (Phi) is 13.9. The molecule has 1 atom stereocenters. The molecule has 1 unspecified atom stereocenters. The zero-order chi connectivity index (χ0) is 32.2. The van der Waals surface area contributed by atoms with Crippen LogP contribution in [0.3, 0.4) is 0 Å². The Morgan fingerprint density at radius 1 is 0.500 bits per heavy atom. The topological polar surface area (TPSA) is 0 Å². The van der Waals surface area contributed by atoms with Crippen molar-refractivity contribution < 1.29 is 19.5 Å². The molecule has 0 nitrogen and oxygen atoms in total. The van der Waals surface area contributed by atoms with E-state index in [2.05, 4.69) is 30.3 Å². The van der Waals surface area contributed by atoms with Crippen LogP contribution in [-0.4, -0.2) is 32.9 Å². The quantitative estimate of drug-likeness (QED) is 0.132. The number of rotatable bonds is 9. The van der Waals surface area contributed by atoms with Gasteiger partial charge in [-0.25, -0.2) is 0 Å². The molecule has 0 N–H and O–H groups in total. The average Bonchev–Trinajstić information content (AvgIpc) is 3.16. The molecule has 7 rings (SSSR count). The first-order chi connectivity index (χ1) is 23.0. The molecule has 0 amide bonds. The van der Waals surface area contributed by atoms with Crippen LogP contribution in [0.4, 0.5) is 0 Å². The molecule has 6 fully saturated rings. The van der Waals surface area contributed by atoms with Crippen LogP contribution in [0.5, 0.6) is 0 Å².